The van der Waals surface area contributed by atoms with Gasteiger partial charge in [0.15, 0.2) is 0 Å². The van der Waals surface area contributed by atoms with E-state index in [4.69, 9.17) is 9.47 Å². The Kier molecular flexibility index (Phi) is 5.63. The van der Waals surface area contributed by atoms with E-state index in [1.54, 1.807) is 20.8 Å². The molecule has 1 aliphatic rings. The molecule has 7 heteroatoms. The zero-order valence-corrected chi connectivity index (χ0v) is 12.4. The largest absolute Gasteiger partial charge is 0.462 e. The molecule has 0 bridgehead atoms. The smallest absolute Gasteiger partial charge is 0.311 e. The number of hydrogen-bond acceptors (Lipinski definition) is 6. The first-order valence-electron chi connectivity index (χ1n) is 6.58. The topological polar surface area (TPSA) is 90.0 Å². The molecule has 0 spiro atoms. The summed E-state index contributed by atoms with van der Waals surface area (Å²) in [5.74, 6) is -1.81. The average molecular weight is 297 g/mol. The predicted molar refractivity (Wildman–Crippen MR) is 71.9 cm³/mol. The summed E-state index contributed by atoms with van der Waals surface area (Å²) in [4.78, 5) is 46.3. The molecule has 21 heavy (non-hydrogen) atoms. The van der Waals surface area contributed by atoms with Gasteiger partial charge in [-0.1, -0.05) is 0 Å². The van der Waals surface area contributed by atoms with Crippen molar-refractivity contribution in [2.24, 2.45) is 5.41 Å². The first kappa shape index (κ1) is 16.9. The molecule has 116 valence electrons. The van der Waals surface area contributed by atoms with Crippen LogP contribution in [0.1, 0.15) is 27.2 Å². The van der Waals surface area contributed by atoms with Gasteiger partial charge < -0.3 is 9.47 Å². The van der Waals surface area contributed by atoms with Crippen LogP contribution in [0.2, 0.25) is 0 Å². The number of nitrogens with zero attached hydrogens (tertiary/aromatic N) is 1. The van der Waals surface area contributed by atoms with E-state index in [0.29, 0.717) is 0 Å². The van der Waals surface area contributed by atoms with E-state index in [1.165, 1.54) is 0 Å². The monoisotopic (exact) mass is 297 g/mol. The van der Waals surface area contributed by atoms with Gasteiger partial charge in [-0.3, -0.25) is 24.1 Å². The Hall–Kier alpha value is -2.18. The summed E-state index contributed by atoms with van der Waals surface area (Å²) in [6.45, 7) is 5.06. The van der Waals surface area contributed by atoms with Crippen molar-refractivity contribution in [3.63, 3.8) is 0 Å². The number of amides is 2. The lowest BCUT2D eigenvalue weighted by atomic mass is 9.97. The van der Waals surface area contributed by atoms with Gasteiger partial charge in [0.05, 0.1) is 11.8 Å². The summed E-state index contributed by atoms with van der Waals surface area (Å²) in [6, 6.07) is 0. The van der Waals surface area contributed by atoms with Crippen molar-refractivity contribution >= 4 is 23.8 Å². The summed E-state index contributed by atoms with van der Waals surface area (Å²) in [7, 11) is 0. The Morgan fingerprint density at radius 2 is 1.57 bits per heavy atom. The third-order valence-corrected chi connectivity index (χ3v) is 2.63. The number of rotatable bonds is 6. The van der Waals surface area contributed by atoms with Crippen LogP contribution in [0, 0.1) is 5.41 Å². The Labute approximate surface area is 122 Å². The van der Waals surface area contributed by atoms with Gasteiger partial charge in [-0.25, -0.2) is 0 Å². The third kappa shape index (κ3) is 5.37. The molecule has 1 aliphatic heterocycles. The van der Waals surface area contributed by atoms with E-state index in [1.807, 2.05) is 0 Å². The summed E-state index contributed by atoms with van der Waals surface area (Å²) < 4.78 is 9.77. The number of imide groups is 1. The Morgan fingerprint density at radius 1 is 1.05 bits per heavy atom. The molecule has 0 radical (unpaired) electrons. The van der Waals surface area contributed by atoms with Crippen LogP contribution in [0.3, 0.4) is 0 Å². The molecule has 1 heterocycles. The molecular weight excluding hydrogens is 278 g/mol. The highest BCUT2D eigenvalue weighted by Crippen LogP contribution is 2.14. The molecular formula is C14H19NO6. The van der Waals surface area contributed by atoms with Crippen molar-refractivity contribution in [3.8, 4) is 0 Å². The van der Waals surface area contributed by atoms with Gasteiger partial charge in [-0.2, -0.15) is 0 Å². The maximum Gasteiger partial charge on any atom is 0.311 e. The molecule has 0 atom stereocenters. The van der Waals surface area contributed by atoms with Gasteiger partial charge >= 0.3 is 11.9 Å². The molecule has 1 rings (SSSR count). The quantitative estimate of drug-likeness (QED) is 0.401. The SMILES string of the molecule is CC(C)(C)C(=O)OCCOC(=O)CCN1C(=O)C=CC1=O. The van der Waals surface area contributed by atoms with Crippen molar-refractivity contribution in [2.75, 3.05) is 19.8 Å². The van der Waals surface area contributed by atoms with Gasteiger partial charge in [0.2, 0.25) is 0 Å². The minimum Gasteiger partial charge on any atom is -0.462 e. The summed E-state index contributed by atoms with van der Waals surface area (Å²) in [6.07, 6.45) is 2.21. The summed E-state index contributed by atoms with van der Waals surface area (Å²) >= 11 is 0. The fourth-order valence-corrected chi connectivity index (χ4v) is 1.43. The summed E-state index contributed by atoms with van der Waals surface area (Å²) in [5, 5.41) is 0. The van der Waals surface area contributed by atoms with E-state index >= 15 is 0 Å². The van der Waals surface area contributed by atoms with Crippen LogP contribution in [0.25, 0.3) is 0 Å². The van der Waals surface area contributed by atoms with Crippen LogP contribution in [-0.2, 0) is 28.7 Å². The van der Waals surface area contributed by atoms with Crippen LogP contribution in [0.15, 0.2) is 12.2 Å². The van der Waals surface area contributed by atoms with E-state index in [0.717, 1.165) is 17.1 Å². The first-order valence-corrected chi connectivity index (χ1v) is 6.58. The molecule has 0 aliphatic carbocycles. The molecule has 0 N–H and O–H groups in total. The van der Waals surface area contributed by atoms with Crippen molar-refractivity contribution in [1.82, 2.24) is 4.90 Å². The number of carbonyl (C=O) groups is 4. The fraction of sp³-hybridized carbons (Fsp3) is 0.571. The third-order valence-electron chi connectivity index (χ3n) is 2.63. The molecule has 0 aromatic carbocycles. The van der Waals surface area contributed by atoms with Crippen LogP contribution < -0.4 is 0 Å². The van der Waals surface area contributed by atoms with Crippen molar-refractivity contribution in [2.45, 2.75) is 27.2 Å². The molecule has 0 saturated heterocycles. The molecule has 7 nitrogen and oxygen atoms in total. The van der Waals surface area contributed by atoms with Crippen molar-refractivity contribution < 1.29 is 28.7 Å². The van der Waals surface area contributed by atoms with Crippen molar-refractivity contribution in [1.29, 1.82) is 0 Å². The Balaban J connectivity index is 2.16. The minimum absolute atomic E-state index is 0.0225. The summed E-state index contributed by atoms with van der Waals surface area (Å²) in [5.41, 5.74) is -0.604. The van der Waals surface area contributed by atoms with Gasteiger partial charge in [0.25, 0.3) is 11.8 Å². The van der Waals surface area contributed by atoms with Gasteiger partial charge in [-0.05, 0) is 20.8 Å². The molecule has 0 aromatic rings. The van der Waals surface area contributed by atoms with Crippen LogP contribution in [-0.4, -0.2) is 48.4 Å². The second kappa shape index (κ2) is 7.01. The number of carbonyl (C=O) groups excluding carboxylic acids is 4. The molecule has 0 unspecified atom stereocenters. The second-order valence-electron chi connectivity index (χ2n) is 5.52. The van der Waals surface area contributed by atoms with Crippen molar-refractivity contribution in [3.05, 3.63) is 12.2 Å². The number of esters is 2. The molecule has 0 fully saturated rings. The Morgan fingerprint density at radius 3 is 2.10 bits per heavy atom. The molecule has 0 saturated carbocycles. The lowest BCUT2D eigenvalue weighted by Gasteiger charge is -2.16. The first-order chi connectivity index (χ1) is 9.71. The number of hydrogen-bond donors (Lipinski definition) is 0. The van der Waals surface area contributed by atoms with E-state index in [-0.39, 0.29) is 32.1 Å². The zero-order chi connectivity index (χ0) is 16.0. The highest BCUT2D eigenvalue weighted by molar-refractivity contribution is 6.12. The Bertz CT molecular complexity index is 456. The van der Waals surface area contributed by atoms with E-state index in [9.17, 15) is 19.2 Å². The van der Waals surface area contributed by atoms with Gasteiger partial charge in [-0.15, -0.1) is 0 Å². The van der Waals surface area contributed by atoms with Crippen LogP contribution in [0.4, 0.5) is 0 Å². The average Bonchev–Trinajstić information content (AvgIpc) is 2.70. The highest BCUT2D eigenvalue weighted by Gasteiger charge is 2.24. The highest BCUT2D eigenvalue weighted by atomic mass is 16.6. The maximum atomic E-state index is 11.4. The normalized spacial score (nSPS) is 14.5. The maximum absolute atomic E-state index is 11.4. The lowest BCUT2D eigenvalue weighted by Crippen LogP contribution is -2.32. The molecule has 2 amide bonds. The minimum atomic E-state index is -0.604. The number of ether oxygens (including phenoxy) is 2. The standard InChI is InChI=1S/C14H19NO6/c1-14(2,3)13(19)21-9-8-20-12(18)6-7-15-10(16)4-5-11(15)17/h4-5H,6-9H2,1-3H3. The van der Waals surface area contributed by atoms with E-state index < -0.39 is 23.2 Å². The fourth-order valence-electron chi connectivity index (χ4n) is 1.43. The van der Waals surface area contributed by atoms with Gasteiger partial charge in [0, 0.05) is 18.7 Å². The zero-order valence-electron chi connectivity index (χ0n) is 12.4. The second-order valence-corrected chi connectivity index (χ2v) is 5.52. The van der Waals surface area contributed by atoms with Crippen LogP contribution in [0.5, 0.6) is 0 Å². The van der Waals surface area contributed by atoms with Crippen LogP contribution >= 0.6 is 0 Å². The lowest BCUT2D eigenvalue weighted by molar-refractivity contribution is -0.158. The van der Waals surface area contributed by atoms with Gasteiger partial charge in [0.1, 0.15) is 13.2 Å². The van der Waals surface area contributed by atoms with E-state index in [2.05, 4.69) is 0 Å². The molecule has 0 aromatic heterocycles. The predicted octanol–water partition coefficient (Wildman–Crippen LogP) is 0.434.